The Labute approximate surface area is 120 Å². The highest BCUT2D eigenvalue weighted by Crippen LogP contribution is 2.15. The number of imide groups is 1. The molecule has 1 aliphatic heterocycles. The van der Waals surface area contributed by atoms with Crippen LogP contribution >= 0.6 is 12.4 Å². The van der Waals surface area contributed by atoms with Gasteiger partial charge in [-0.05, 0) is 26.4 Å². The van der Waals surface area contributed by atoms with E-state index in [-0.39, 0.29) is 24.9 Å². The molecule has 3 N–H and O–H groups in total. The number of urea groups is 1. The fourth-order valence-corrected chi connectivity index (χ4v) is 2.13. The van der Waals surface area contributed by atoms with Crippen molar-refractivity contribution in [2.45, 2.75) is 18.9 Å². The van der Waals surface area contributed by atoms with Gasteiger partial charge in [0, 0.05) is 19.1 Å². The van der Waals surface area contributed by atoms with Crippen LogP contribution in [0.25, 0.3) is 0 Å². The smallest absolute Gasteiger partial charge is 0.321 e. The molecule has 1 atom stereocenters. The number of amides is 3. The Hall–Kier alpha value is -1.11. The molecule has 19 heavy (non-hydrogen) atoms. The Morgan fingerprint density at radius 1 is 1.47 bits per heavy atom. The SMILES string of the molecule is C=CCNC(=O)NC(=O)CN1CCCC1CNC.Cl. The largest absolute Gasteiger partial charge is 0.334 e. The first-order chi connectivity index (χ1) is 8.67. The molecule has 1 unspecified atom stereocenters. The van der Waals surface area contributed by atoms with E-state index in [1.54, 1.807) is 6.08 Å². The van der Waals surface area contributed by atoms with Gasteiger partial charge in [0.2, 0.25) is 5.91 Å². The molecule has 7 heteroatoms. The number of carbonyl (C=O) groups excluding carboxylic acids is 2. The van der Waals surface area contributed by atoms with Crippen LogP contribution in [0.15, 0.2) is 12.7 Å². The summed E-state index contributed by atoms with van der Waals surface area (Å²) in [4.78, 5) is 25.0. The van der Waals surface area contributed by atoms with Gasteiger partial charge in [-0.15, -0.1) is 19.0 Å². The van der Waals surface area contributed by atoms with Crippen molar-refractivity contribution in [3.63, 3.8) is 0 Å². The lowest BCUT2D eigenvalue weighted by molar-refractivity contribution is -0.121. The minimum atomic E-state index is -0.468. The summed E-state index contributed by atoms with van der Waals surface area (Å²) in [6, 6.07) is -0.0822. The van der Waals surface area contributed by atoms with Crippen LogP contribution in [0.2, 0.25) is 0 Å². The summed E-state index contributed by atoms with van der Waals surface area (Å²) in [5.41, 5.74) is 0. The van der Waals surface area contributed by atoms with E-state index in [0.29, 0.717) is 12.6 Å². The Balaban J connectivity index is 0.00000324. The molecule has 0 saturated carbocycles. The summed E-state index contributed by atoms with van der Waals surface area (Å²) in [5.74, 6) is -0.264. The fourth-order valence-electron chi connectivity index (χ4n) is 2.13. The van der Waals surface area contributed by atoms with Crippen molar-refractivity contribution in [2.24, 2.45) is 0 Å². The van der Waals surface area contributed by atoms with E-state index in [4.69, 9.17) is 0 Å². The van der Waals surface area contributed by atoms with Gasteiger partial charge in [0.1, 0.15) is 0 Å². The first-order valence-electron chi connectivity index (χ1n) is 6.24. The predicted octanol–water partition coefficient (Wildman–Crippen LogP) is 0.104. The van der Waals surface area contributed by atoms with Crippen LogP contribution in [0.1, 0.15) is 12.8 Å². The number of hydrogen-bond donors (Lipinski definition) is 3. The maximum atomic E-state index is 11.7. The van der Waals surface area contributed by atoms with Gasteiger partial charge in [0.15, 0.2) is 0 Å². The number of likely N-dealkylation sites (tertiary alicyclic amines) is 1. The predicted molar refractivity (Wildman–Crippen MR) is 77.5 cm³/mol. The number of carbonyl (C=O) groups is 2. The standard InChI is InChI=1S/C12H22N4O2.ClH/c1-3-6-14-12(18)15-11(17)9-16-7-4-5-10(16)8-13-2;/h3,10,13H,1,4-9H2,2H3,(H2,14,15,17,18);1H. The van der Waals surface area contributed by atoms with Crippen molar-refractivity contribution in [3.05, 3.63) is 12.7 Å². The highest BCUT2D eigenvalue weighted by atomic mass is 35.5. The summed E-state index contributed by atoms with van der Waals surface area (Å²) in [6.07, 6.45) is 3.76. The number of nitrogens with zero attached hydrogens (tertiary/aromatic N) is 1. The van der Waals surface area contributed by atoms with E-state index in [1.807, 2.05) is 7.05 Å². The zero-order valence-corrected chi connectivity index (χ0v) is 12.1. The zero-order valence-electron chi connectivity index (χ0n) is 11.3. The molecule has 1 rings (SSSR count). The molecule has 0 radical (unpaired) electrons. The van der Waals surface area contributed by atoms with Crippen LogP contribution in [-0.4, -0.2) is 56.1 Å². The highest BCUT2D eigenvalue weighted by Gasteiger charge is 2.25. The van der Waals surface area contributed by atoms with Crippen LogP contribution < -0.4 is 16.0 Å². The number of rotatable bonds is 6. The molecule has 1 saturated heterocycles. The Morgan fingerprint density at radius 2 is 2.21 bits per heavy atom. The van der Waals surface area contributed by atoms with Crippen LogP contribution in [0.5, 0.6) is 0 Å². The normalized spacial score (nSPS) is 18.5. The molecule has 1 aliphatic rings. The quantitative estimate of drug-likeness (QED) is 0.607. The maximum absolute atomic E-state index is 11.7. The van der Waals surface area contributed by atoms with Gasteiger partial charge in [-0.1, -0.05) is 6.08 Å². The average Bonchev–Trinajstić information content (AvgIpc) is 2.74. The van der Waals surface area contributed by atoms with Crippen LogP contribution in [0, 0.1) is 0 Å². The van der Waals surface area contributed by atoms with Crippen LogP contribution in [0.4, 0.5) is 4.79 Å². The Kier molecular flexibility index (Phi) is 9.20. The third-order valence-electron chi connectivity index (χ3n) is 2.95. The second kappa shape index (κ2) is 9.77. The van der Waals surface area contributed by atoms with Crippen molar-refractivity contribution >= 4 is 24.3 Å². The fraction of sp³-hybridized carbons (Fsp3) is 0.667. The summed E-state index contributed by atoms with van der Waals surface area (Å²) in [6.45, 7) is 5.89. The molecular formula is C12H23ClN4O2. The van der Waals surface area contributed by atoms with Gasteiger partial charge in [-0.25, -0.2) is 4.79 Å². The van der Waals surface area contributed by atoms with Gasteiger partial charge in [0.25, 0.3) is 0 Å². The third kappa shape index (κ3) is 6.56. The molecule has 0 aromatic carbocycles. The minimum Gasteiger partial charge on any atom is -0.334 e. The molecule has 1 heterocycles. The van der Waals surface area contributed by atoms with E-state index >= 15 is 0 Å². The van der Waals surface area contributed by atoms with Gasteiger partial charge in [-0.3, -0.25) is 15.0 Å². The minimum absolute atomic E-state index is 0. The lowest BCUT2D eigenvalue weighted by Gasteiger charge is -2.23. The van der Waals surface area contributed by atoms with Crippen LogP contribution in [0.3, 0.4) is 0 Å². The molecule has 1 fully saturated rings. The molecule has 0 bridgehead atoms. The van der Waals surface area contributed by atoms with Crippen molar-refractivity contribution in [2.75, 3.05) is 33.2 Å². The van der Waals surface area contributed by atoms with Gasteiger partial charge in [0.05, 0.1) is 6.54 Å². The van der Waals surface area contributed by atoms with E-state index in [1.165, 1.54) is 0 Å². The summed E-state index contributed by atoms with van der Waals surface area (Å²) >= 11 is 0. The molecular weight excluding hydrogens is 268 g/mol. The van der Waals surface area contributed by atoms with Crippen LogP contribution in [-0.2, 0) is 4.79 Å². The van der Waals surface area contributed by atoms with Crippen molar-refractivity contribution in [1.82, 2.24) is 20.9 Å². The van der Waals surface area contributed by atoms with E-state index in [0.717, 1.165) is 25.9 Å². The number of hydrogen-bond acceptors (Lipinski definition) is 4. The highest BCUT2D eigenvalue weighted by molar-refractivity contribution is 5.95. The first kappa shape index (κ1) is 17.9. The summed E-state index contributed by atoms with van der Waals surface area (Å²) < 4.78 is 0. The van der Waals surface area contributed by atoms with Crippen molar-refractivity contribution < 1.29 is 9.59 Å². The van der Waals surface area contributed by atoms with Gasteiger partial charge < -0.3 is 10.6 Å². The molecule has 3 amide bonds. The van der Waals surface area contributed by atoms with E-state index < -0.39 is 6.03 Å². The number of nitrogens with one attached hydrogen (secondary N) is 3. The number of likely N-dealkylation sites (N-methyl/N-ethyl adjacent to an activating group) is 1. The van der Waals surface area contributed by atoms with Gasteiger partial charge in [-0.2, -0.15) is 0 Å². The lowest BCUT2D eigenvalue weighted by Crippen LogP contribution is -2.47. The third-order valence-corrected chi connectivity index (χ3v) is 2.95. The zero-order chi connectivity index (χ0) is 13.4. The van der Waals surface area contributed by atoms with Crippen molar-refractivity contribution in [1.29, 1.82) is 0 Å². The number of halogens is 1. The first-order valence-corrected chi connectivity index (χ1v) is 6.24. The second-order valence-corrected chi connectivity index (χ2v) is 4.37. The molecule has 6 nitrogen and oxygen atoms in total. The summed E-state index contributed by atoms with van der Waals surface area (Å²) in [5, 5.41) is 7.93. The molecule has 0 aliphatic carbocycles. The van der Waals surface area contributed by atoms with Gasteiger partial charge >= 0.3 is 6.03 Å². The maximum Gasteiger partial charge on any atom is 0.321 e. The van der Waals surface area contributed by atoms with E-state index in [2.05, 4.69) is 27.4 Å². The Bertz CT molecular complexity index is 312. The second-order valence-electron chi connectivity index (χ2n) is 4.37. The summed E-state index contributed by atoms with van der Waals surface area (Å²) in [7, 11) is 1.90. The molecule has 110 valence electrons. The average molecular weight is 291 g/mol. The Morgan fingerprint density at radius 3 is 2.84 bits per heavy atom. The molecule has 0 spiro atoms. The molecule has 0 aromatic rings. The monoisotopic (exact) mass is 290 g/mol. The lowest BCUT2D eigenvalue weighted by atomic mass is 10.2. The van der Waals surface area contributed by atoms with E-state index in [9.17, 15) is 9.59 Å². The van der Waals surface area contributed by atoms with Crippen molar-refractivity contribution in [3.8, 4) is 0 Å². The topological polar surface area (TPSA) is 73.5 Å². The molecule has 0 aromatic heterocycles.